The van der Waals surface area contributed by atoms with Crippen LogP contribution in [0.25, 0.3) is 11.0 Å². The fourth-order valence-corrected chi connectivity index (χ4v) is 6.12. The molecular weight excluding hydrogens is 430 g/mol. The molecule has 3 heterocycles. The van der Waals surface area contributed by atoms with Gasteiger partial charge in [0.25, 0.3) is 0 Å². The van der Waals surface area contributed by atoms with Gasteiger partial charge in [0.15, 0.2) is 0 Å². The number of likely N-dealkylation sites (tertiary alicyclic amines) is 1. The molecule has 176 valence electrons. The second-order valence-corrected chi connectivity index (χ2v) is 10.7. The van der Waals surface area contributed by atoms with E-state index >= 15 is 0 Å². The molecule has 0 radical (unpaired) electrons. The van der Waals surface area contributed by atoms with Crippen molar-refractivity contribution >= 4 is 27.0 Å². The molecule has 2 aliphatic heterocycles. The first kappa shape index (κ1) is 23.2. The molecule has 10 heteroatoms. The second-order valence-electron chi connectivity index (χ2n) is 8.75. The monoisotopic (exact) mass is 463 g/mol. The highest BCUT2D eigenvalue weighted by Crippen LogP contribution is 2.25. The Morgan fingerprint density at radius 2 is 1.97 bits per heavy atom. The molecule has 1 aromatic heterocycles. The van der Waals surface area contributed by atoms with Crippen molar-refractivity contribution in [2.75, 3.05) is 53.5 Å². The maximum Gasteiger partial charge on any atom is 0.243 e. The van der Waals surface area contributed by atoms with Gasteiger partial charge in [-0.05, 0) is 44.5 Å². The zero-order valence-corrected chi connectivity index (χ0v) is 20.0. The van der Waals surface area contributed by atoms with Crippen molar-refractivity contribution in [2.24, 2.45) is 5.92 Å². The SMILES string of the molecule is CCn1c(CN2CCCC(C(=O)N(C)C)C2)nc2cc(S(=O)(=O)N3CCOCC3)ccc21. The van der Waals surface area contributed by atoms with E-state index < -0.39 is 10.0 Å². The van der Waals surface area contributed by atoms with E-state index in [0.29, 0.717) is 38.4 Å². The Morgan fingerprint density at radius 3 is 2.66 bits per heavy atom. The number of aryl methyl sites for hydroxylation is 1. The van der Waals surface area contributed by atoms with Gasteiger partial charge in [-0.25, -0.2) is 13.4 Å². The highest BCUT2D eigenvalue weighted by atomic mass is 32.2. The molecule has 0 N–H and O–H groups in total. The first-order chi connectivity index (χ1) is 15.3. The summed E-state index contributed by atoms with van der Waals surface area (Å²) in [6.07, 6.45) is 1.90. The maximum absolute atomic E-state index is 13.1. The molecule has 0 saturated carbocycles. The Hall–Kier alpha value is -2.01. The average Bonchev–Trinajstić information content (AvgIpc) is 3.15. The van der Waals surface area contributed by atoms with Crippen molar-refractivity contribution in [3.8, 4) is 0 Å². The Kier molecular flexibility index (Phi) is 6.85. The van der Waals surface area contributed by atoms with Gasteiger partial charge in [-0.2, -0.15) is 4.31 Å². The number of nitrogens with zero attached hydrogens (tertiary/aromatic N) is 5. The number of morpholine rings is 1. The molecule has 1 unspecified atom stereocenters. The largest absolute Gasteiger partial charge is 0.379 e. The topological polar surface area (TPSA) is 88.0 Å². The lowest BCUT2D eigenvalue weighted by molar-refractivity contribution is -0.134. The third-order valence-corrected chi connectivity index (χ3v) is 8.28. The molecule has 4 rings (SSSR count). The molecule has 2 saturated heterocycles. The van der Waals surface area contributed by atoms with Gasteiger partial charge in [0.2, 0.25) is 15.9 Å². The van der Waals surface area contributed by atoms with Gasteiger partial charge in [0.05, 0.1) is 41.6 Å². The molecule has 1 atom stereocenters. The molecule has 1 amide bonds. The number of carbonyl (C=O) groups is 1. The number of sulfonamides is 1. The van der Waals surface area contributed by atoms with Crippen molar-refractivity contribution in [1.29, 1.82) is 0 Å². The number of imidazole rings is 1. The molecule has 0 aliphatic carbocycles. The van der Waals surface area contributed by atoms with Crippen molar-refractivity contribution < 1.29 is 17.9 Å². The van der Waals surface area contributed by atoms with E-state index in [0.717, 1.165) is 43.8 Å². The highest BCUT2D eigenvalue weighted by molar-refractivity contribution is 7.89. The molecule has 0 spiro atoms. The van der Waals surface area contributed by atoms with Gasteiger partial charge in [-0.3, -0.25) is 9.69 Å². The molecule has 2 aliphatic rings. The Morgan fingerprint density at radius 1 is 1.22 bits per heavy atom. The van der Waals surface area contributed by atoms with Gasteiger partial charge < -0.3 is 14.2 Å². The average molecular weight is 464 g/mol. The van der Waals surface area contributed by atoms with E-state index in [1.165, 1.54) is 4.31 Å². The molecular formula is C22H33N5O4S. The number of carbonyl (C=O) groups excluding carboxylic acids is 1. The zero-order chi connectivity index (χ0) is 22.9. The van der Waals surface area contributed by atoms with Crippen LogP contribution in [0.5, 0.6) is 0 Å². The number of ether oxygens (including phenoxy) is 1. The molecule has 9 nitrogen and oxygen atoms in total. The first-order valence-electron chi connectivity index (χ1n) is 11.3. The summed E-state index contributed by atoms with van der Waals surface area (Å²) in [6, 6.07) is 5.22. The summed E-state index contributed by atoms with van der Waals surface area (Å²) in [5.41, 5.74) is 1.62. The first-order valence-corrected chi connectivity index (χ1v) is 12.8. The summed E-state index contributed by atoms with van der Waals surface area (Å²) < 4.78 is 35.0. The highest BCUT2D eigenvalue weighted by Gasteiger charge is 2.29. The van der Waals surface area contributed by atoms with Gasteiger partial charge in [-0.15, -0.1) is 0 Å². The summed E-state index contributed by atoms with van der Waals surface area (Å²) in [5.74, 6) is 1.10. The van der Waals surface area contributed by atoms with E-state index in [1.54, 1.807) is 31.1 Å². The molecule has 32 heavy (non-hydrogen) atoms. The maximum atomic E-state index is 13.1. The number of rotatable bonds is 6. The zero-order valence-electron chi connectivity index (χ0n) is 19.2. The van der Waals surface area contributed by atoms with Gasteiger partial charge >= 0.3 is 0 Å². The molecule has 1 aromatic carbocycles. The fourth-order valence-electron chi connectivity index (χ4n) is 4.70. The Bertz CT molecular complexity index is 1080. The van der Waals surface area contributed by atoms with E-state index in [4.69, 9.17) is 9.72 Å². The Labute approximate surface area is 190 Å². The predicted molar refractivity (Wildman–Crippen MR) is 122 cm³/mol. The lowest BCUT2D eigenvalue weighted by atomic mass is 9.97. The van der Waals surface area contributed by atoms with E-state index in [9.17, 15) is 13.2 Å². The Balaban J connectivity index is 1.58. The lowest BCUT2D eigenvalue weighted by Crippen LogP contribution is -2.42. The van der Waals surface area contributed by atoms with Crippen LogP contribution in [-0.4, -0.2) is 91.5 Å². The number of fused-ring (bicyclic) bond motifs is 1. The predicted octanol–water partition coefficient (Wildman–Crippen LogP) is 1.38. The van der Waals surface area contributed by atoms with Gasteiger partial charge in [0, 0.05) is 40.3 Å². The number of aromatic nitrogens is 2. The van der Waals surface area contributed by atoms with Crippen LogP contribution in [0.4, 0.5) is 0 Å². The number of hydrogen-bond acceptors (Lipinski definition) is 6. The number of benzene rings is 1. The van der Waals surface area contributed by atoms with Crippen LogP contribution in [0.2, 0.25) is 0 Å². The van der Waals surface area contributed by atoms with Crippen LogP contribution >= 0.6 is 0 Å². The third kappa shape index (κ3) is 4.54. The minimum absolute atomic E-state index is 0.0171. The minimum Gasteiger partial charge on any atom is -0.379 e. The smallest absolute Gasteiger partial charge is 0.243 e. The van der Waals surface area contributed by atoms with Crippen LogP contribution < -0.4 is 0 Å². The van der Waals surface area contributed by atoms with E-state index in [-0.39, 0.29) is 16.7 Å². The number of hydrogen-bond donors (Lipinski definition) is 0. The number of amides is 1. The van der Waals surface area contributed by atoms with E-state index in [1.807, 2.05) is 6.07 Å². The van der Waals surface area contributed by atoms with Crippen LogP contribution in [0.15, 0.2) is 23.1 Å². The van der Waals surface area contributed by atoms with E-state index in [2.05, 4.69) is 16.4 Å². The van der Waals surface area contributed by atoms with Gasteiger partial charge in [-0.1, -0.05) is 0 Å². The van der Waals surface area contributed by atoms with Crippen molar-refractivity contribution in [2.45, 2.75) is 37.8 Å². The van der Waals surface area contributed by atoms with Crippen LogP contribution in [-0.2, 0) is 32.6 Å². The van der Waals surface area contributed by atoms with Crippen LogP contribution in [0.3, 0.4) is 0 Å². The van der Waals surface area contributed by atoms with Crippen molar-refractivity contribution in [3.63, 3.8) is 0 Å². The molecule has 0 bridgehead atoms. The van der Waals surface area contributed by atoms with Crippen molar-refractivity contribution in [1.82, 2.24) is 23.7 Å². The summed E-state index contributed by atoms with van der Waals surface area (Å²) in [5, 5.41) is 0. The molecule has 2 fully saturated rings. The standard InChI is InChI=1S/C22H33N5O4S/c1-4-27-20-8-7-18(32(29,30)26-10-12-31-13-11-26)14-19(20)23-21(27)16-25-9-5-6-17(15-25)22(28)24(2)3/h7-8,14,17H,4-6,9-13,15-16H2,1-3H3. The third-order valence-electron chi connectivity index (χ3n) is 6.38. The lowest BCUT2D eigenvalue weighted by Gasteiger charge is -2.33. The second kappa shape index (κ2) is 9.46. The summed E-state index contributed by atoms with van der Waals surface area (Å²) in [4.78, 5) is 21.5. The van der Waals surface area contributed by atoms with Crippen LogP contribution in [0, 0.1) is 5.92 Å². The van der Waals surface area contributed by atoms with Crippen LogP contribution in [0.1, 0.15) is 25.6 Å². The quantitative estimate of drug-likeness (QED) is 0.643. The fraction of sp³-hybridized carbons (Fsp3) is 0.636. The number of piperidine rings is 1. The normalized spacial score (nSPS) is 21.2. The van der Waals surface area contributed by atoms with Gasteiger partial charge in [0.1, 0.15) is 5.82 Å². The van der Waals surface area contributed by atoms with Crippen molar-refractivity contribution in [3.05, 3.63) is 24.0 Å². The summed E-state index contributed by atoms with van der Waals surface area (Å²) >= 11 is 0. The summed E-state index contributed by atoms with van der Waals surface area (Å²) in [7, 11) is 0.0473. The molecule has 2 aromatic rings. The summed E-state index contributed by atoms with van der Waals surface area (Å²) in [6.45, 7) is 6.69. The minimum atomic E-state index is -3.56.